The quantitative estimate of drug-likeness (QED) is 0.851. The van der Waals surface area contributed by atoms with Crippen LogP contribution in [0.4, 0.5) is 10.1 Å². The number of hydrogen-bond acceptors (Lipinski definition) is 3. The standard InChI is InChI=1S/C20H23FN2O3S/c1-2-15-6-3-4-8-19(15)22-20(24)16-7-5-13-23(14-16)27(25,26)18-11-9-17(21)10-12-18/h3-4,6,8-12,16H,2,5,7,13-14H2,1H3,(H,22,24)/t16-/m1/s1. The molecule has 2 aromatic carbocycles. The number of nitrogens with zero attached hydrogens (tertiary/aromatic N) is 1. The predicted octanol–water partition coefficient (Wildman–Crippen LogP) is 3.43. The Kier molecular flexibility index (Phi) is 5.92. The van der Waals surface area contributed by atoms with Crippen LogP contribution in [-0.2, 0) is 21.2 Å². The van der Waals surface area contributed by atoms with E-state index in [4.69, 9.17) is 0 Å². The molecule has 0 aromatic heterocycles. The summed E-state index contributed by atoms with van der Waals surface area (Å²) in [5.74, 6) is -1.08. The number of aryl methyl sites for hydroxylation is 1. The number of sulfonamides is 1. The summed E-state index contributed by atoms with van der Waals surface area (Å²) in [5, 5.41) is 2.94. The van der Waals surface area contributed by atoms with E-state index in [9.17, 15) is 17.6 Å². The molecule has 1 aliphatic heterocycles. The Labute approximate surface area is 159 Å². The third-order valence-electron chi connectivity index (χ3n) is 4.86. The number of halogens is 1. The maximum Gasteiger partial charge on any atom is 0.243 e. The van der Waals surface area contributed by atoms with Crippen LogP contribution in [-0.4, -0.2) is 31.7 Å². The second-order valence-corrected chi connectivity index (χ2v) is 8.59. The number of piperidine rings is 1. The molecular formula is C20H23FN2O3S. The molecular weight excluding hydrogens is 367 g/mol. The smallest absolute Gasteiger partial charge is 0.243 e. The Morgan fingerprint density at radius 2 is 1.89 bits per heavy atom. The van der Waals surface area contributed by atoms with E-state index in [1.165, 1.54) is 16.4 Å². The van der Waals surface area contributed by atoms with Crippen LogP contribution >= 0.6 is 0 Å². The van der Waals surface area contributed by atoms with Crippen molar-refractivity contribution < 1.29 is 17.6 Å². The van der Waals surface area contributed by atoms with E-state index in [-0.39, 0.29) is 17.3 Å². The van der Waals surface area contributed by atoms with Gasteiger partial charge in [-0.15, -0.1) is 0 Å². The van der Waals surface area contributed by atoms with Gasteiger partial charge in [0.2, 0.25) is 15.9 Å². The van der Waals surface area contributed by atoms with Gasteiger partial charge in [-0.05, 0) is 55.2 Å². The number of anilines is 1. The van der Waals surface area contributed by atoms with Crippen molar-refractivity contribution in [1.29, 1.82) is 0 Å². The van der Waals surface area contributed by atoms with E-state index in [2.05, 4.69) is 5.32 Å². The minimum Gasteiger partial charge on any atom is -0.326 e. The summed E-state index contributed by atoms with van der Waals surface area (Å²) in [7, 11) is -3.74. The maximum absolute atomic E-state index is 13.1. The van der Waals surface area contributed by atoms with Crippen molar-refractivity contribution in [1.82, 2.24) is 4.31 Å². The highest BCUT2D eigenvalue weighted by atomic mass is 32.2. The molecule has 1 fully saturated rings. The normalized spacial score (nSPS) is 18.2. The van der Waals surface area contributed by atoms with Gasteiger partial charge >= 0.3 is 0 Å². The molecule has 2 aromatic rings. The highest BCUT2D eigenvalue weighted by Crippen LogP contribution is 2.25. The average Bonchev–Trinajstić information content (AvgIpc) is 2.69. The summed E-state index contributed by atoms with van der Waals surface area (Å²) in [6.45, 7) is 2.50. The molecule has 0 bridgehead atoms. The number of benzene rings is 2. The lowest BCUT2D eigenvalue weighted by Gasteiger charge is -2.31. The van der Waals surface area contributed by atoms with E-state index < -0.39 is 21.8 Å². The first-order chi connectivity index (χ1) is 12.9. The molecule has 1 N–H and O–H groups in total. The van der Waals surface area contributed by atoms with E-state index in [1.54, 1.807) is 0 Å². The topological polar surface area (TPSA) is 66.5 Å². The number of hydrogen-bond donors (Lipinski definition) is 1. The van der Waals surface area contributed by atoms with Crippen LogP contribution in [0.2, 0.25) is 0 Å². The van der Waals surface area contributed by atoms with Crippen LogP contribution in [0.25, 0.3) is 0 Å². The molecule has 0 saturated carbocycles. The van der Waals surface area contributed by atoms with Crippen molar-refractivity contribution in [3.05, 3.63) is 59.9 Å². The lowest BCUT2D eigenvalue weighted by atomic mass is 9.98. The summed E-state index contributed by atoms with van der Waals surface area (Å²) in [6.07, 6.45) is 2.04. The van der Waals surface area contributed by atoms with Crippen LogP contribution in [0.15, 0.2) is 53.4 Å². The molecule has 0 radical (unpaired) electrons. The van der Waals surface area contributed by atoms with Crippen LogP contribution in [0.3, 0.4) is 0 Å². The maximum atomic E-state index is 13.1. The number of carbonyl (C=O) groups excluding carboxylic acids is 1. The van der Waals surface area contributed by atoms with Crippen molar-refractivity contribution in [2.75, 3.05) is 18.4 Å². The number of para-hydroxylation sites is 1. The Bertz CT molecular complexity index is 913. The number of amides is 1. The fraction of sp³-hybridized carbons (Fsp3) is 0.350. The predicted molar refractivity (Wildman–Crippen MR) is 102 cm³/mol. The summed E-state index contributed by atoms with van der Waals surface area (Å²) in [5.41, 5.74) is 1.81. The number of nitrogens with one attached hydrogen (secondary N) is 1. The Hall–Kier alpha value is -2.25. The highest BCUT2D eigenvalue weighted by molar-refractivity contribution is 7.89. The second-order valence-electron chi connectivity index (χ2n) is 6.66. The van der Waals surface area contributed by atoms with Gasteiger partial charge in [-0.3, -0.25) is 4.79 Å². The van der Waals surface area contributed by atoms with Crippen molar-refractivity contribution in [3.63, 3.8) is 0 Å². The summed E-state index contributed by atoms with van der Waals surface area (Å²) >= 11 is 0. The monoisotopic (exact) mass is 390 g/mol. The molecule has 0 aliphatic carbocycles. The molecule has 1 atom stereocenters. The molecule has 144 valence electrons. The number of rotatable bonds is 5. The first-order valence-electron chi connectivity index (χ1n) is 9.06. The summed E-state index contributed by atoms with van der Waals surface area (Å²) < 4.78 is 40.0. The van der Waals surface area contributed by atoms with Crippen LogP contribution in [0.1, 0.15) is 25.3 Å². The fourth-order valence-corrected chi connectivity index (χ4v) is 4.84. The third kappa shape index (κ3) is 4.36. The lowest BCUT2D eigenvalue weighted by Crippen LogP contribution is -2.43. The SMILES string of the molecule is CCc1ccccc1NC(=O)[C@@H]1CCCN(S(=O)(=O)c2ccc(F)cc2)C1. The Balaban J connectivity index is 1.73. The molecule has 7 heteroatoms. The molecule has 3 rings (SSSR count). The van der Waals surface area contributed by atoms with Gasteiger partial charge in [-0.2, -0.15) is 4.31 Å². The first-order valence-corrected chi connectivity index (χ1v) is 10.5. The zero-order chi connectivity index (χ0) is 19.4. The zero-order valence-electron chi connectivity index (χ0n) is 15.2. The minimum absolute atomic E-state index is 0.0429. The van der Waals surface area contributed by atoms with Gasteiger partial charge in [-0.1, -0.05) is 25.1 Å². The van der Waals surface area contributed by atoms with Crippen molar-refractivity contribution in [2.45, 2.75) is 31.1 Å². The zero-order valence-corrected chi connectivity index (χ0v) is 16.0. The van der Waals surface area contributed by atoms with E-state index in [0.717, 1.165) is 29.8 Å². The summed E-state index contributed by atoms with van der Waals surface area (Å²) in [6, 6.07) is 12.4. The van der Waals surface area contributed by atoms with Gasteiger partial charge in [0.1, 0.15) is 5.82 Å². The van der Waals surface area contributed by atoms with E-state index in [0.29, 0.717) is 19.4 Å². The third-order valence-corrected chi connectivity index (χ3v) is 6.74. The molecule has 0 spiro atoms. The van der Waals surface area contributed by atoms with Gasteiger partial charge in [0, 0.05) is 18.8 Å². The number of carbonyl (C=O) groups is 1. The lowest BCUT2D eigenvalue weighted by molar-refractivity contribution is -0.120. The molecule has 5 nitrogen and oxygen atoms in total. The fourth-order valence-electron chi connectivity index (χ4n) is 3.32. The van der Waals surface area contributed by atoms with Gasteiger partial charge in [-0.25, -0.2) is 12.8 Å². The van der Waals surface area contributed by atoms with Crippen molar-refractivity contribution >= 4 is 21.6 Å². The van der Waals surface area contributed by atoms with Crippen LogP contribution in [0, 0.1) is 11.7 Å². The van der Waals surface area contributed by atoms with Gasteiger partial charge in [0.05, 0.1) is 10.8 Å². The second kappa shape index (κ2) is 8.19. The van der Waals surface area contributed by atoms with Crippen molar-refractivity contribution in [2.24, 2.45) is 5.92 Å². The Morgan fingerprint density at radius 3 is 2.59 bits per heavy atom. The minimum atomic E-state index is -3.74. The van der Waals surface area contributed by atoms with Crippen LogP contribution < -0.4 is 5.32 Å². The molecule has 1 amide bonds. The van der Waals surface area contributed by atoms with Gasteiger partial charge in [0.25, 0.3) is 0 Å². The Morgan fingerprint density at radius 1 is 1.19 bits per heavy atom. The highest BCUT2D eigenvalue weighted by Gasteiger charge is 2.33. The molecule has 1 heterocycles. The summed E-state index contributed by atoms with van der Waals surface area (Å²) in [4.78, 5) is 12.8. The first kappa shape index (κ1) is 19.5. The molecule has 1 saturated heterocycles. The average molecular weight is 390 g/mol. The molecule has 27 heavy (non-hydrogen) atoms. The molecule has 1 aliphatic rings. The van der Waals surface area contributed by atoms with Gasteiger partial charge in [0.15, 0.2) is 0 Å². The van der Waals surface area contributed by atoms with E-state index >= 15 is 0 Å². The van der Waals surface area contributed by atoms with E-state index in [1.807, 2.05) is 31.2 Å². The van der Waals surface area contributed by atoms with Crippen LogP contribution in [0.5, 0.6) is 0 Å². The molecule has 0 unspecified atom stereocenters. The van der Waals surface area contributed by atoms with Crippen molar-refractivity contribution in [3.8, 4) is 0 Å². The largest absolute Gasteiger partial charge is 0.326 e. The van der Waals surface area contributed by atoms with Gasteiger partial charge < -0.3 is 5.32 Å².